The third-order valence-corrected chi connectivity index (χ3v) is 1.25. The largest absolute Gasteiger partial charge is 0.0952 e. The second-order valence-corrected chi connectivity index (χ2v) is 1.93. The molecule has 41 valence electrons. The second kappa shape index (κ2) is 1.99. The first-order valence-electron chi connectivity index (χ1n) is 2.67. The Kier molecular flexibility index (Phi) is 1.34. The lowest BCUT2D eigenvalue weighted by atomic mass is 10.0. The first kappa shape index (κ1) is 5.36. The predicted molar refractivity (Wildman–Crippen MR) is 36.3 cm³/mol. The summed E-state index contributed by atoms with van der Waals surface area (Å²) in [4.78, 5) is 0. The van der Waals surface area contributed by atoms with E-state index in [1.807, 2.05) is 12.2 Å². The predicted octanol–water partition coefficient (Wildman–Crippen LogP) is 2.26. The van der Waals surface area contributed by atoms with E-state index in [0.29, 0.717) is 0 Å². The molecule has 0 unspecified atom stereocenters. The van der Waals surface area contributed by atoms with Crippen LogP contribution in [0.15, 0.2) is 36.0 Å². The molecular weight excluding hydrogens is 96.1 g/mol. The molecule has 8 heavy (non-hydrogen) atoms. The fraction of sp³-hybridized carbons (Fsp3) is 0.125. The minimum atomic E-state index is 0.968. The van der Waals surface area contributed by atoms with Crippen molar-refractivity contribution in [3.63, 3.8) is 0 Å². The van der Waals surface area contributed by atoms with Gasteiger partial charge in [-0.05, 0) is 24.5 Å². The summed E-state index contributed by atoms with van der Waals surface area (Å²) in [6.45, 7) is 7.60. The lowest BCUT2D eigenvalue weighted by Crippen LogP contribution is -1.84. The molecule has 0 aromatic rings. The minimum Gasteiger partial charge on any atom is -0.0952 e. The third-order valence-electron chi connectivity index (χ3n) is 1.25. The van der Waals surface area contributed by atoms with Crippen LogP contribution in [0, 0.1) is 6.92 Å². The van der Waals surface area contributed by atoms with Crippen molar-refractivity contribution in [2.75, 3.05) is 0 Å². The van der Waals surface area contributed by atoms with Crippen molar-refractivity contribution >= 4 is 0 Å². The Morgan fingerprint density at radius 3 is 2.62 bits per heavy atom. The van der Waals surface area contributed by atoms with Crippen LogP contribution in [0.3, 0.4) is 0 Å². The van der Waals surface area contributed by atoms with Gasteiger partial charge in [-0.15, -0.1) is 0 Å². The lowest BCUT2D eigenvalue weighted by molar-refractivity contribution is 1.23. The van der Waals surface area contributed by atoms with Crippen LogP contribution in [-0.4, -0.2) is 0 Å². The van der Waals surface area contributed by atoms with Crippen LogP contribution in [0.2, 0.25) is 0 Å². The molecule has 0 saturated heterocycles. The molecule has 0 nitrogen and oxygen atoms in total. The lowest BCUT2D eigenvalue weighted by Gasteiger charge is -2.04. The first-order valence-corrected chi connectivity index (χ1v) is 2.67. The molecule has 0 aromatic carbocycles. The van der Waals surface area contributed by atoms with Crippen molar-refractivity contribution in [3.05, 3.63) is 42.9 Å². The van der Waals surface area contributed by atoms with Gasteiger partial charge in [0.1, 0.15) is 0 Å². The molecule has 0 heteroatoms. The van der Waals surface area contributed by atoms with E-state index < -0.39 is 0 Å². The molecule has 0 saturated carbocycles. The Hall–Kier alpha value is -0.780. The summed E-state index contributed by atoms with van der Waals surface area (Å²) >= 11 is 0. The normalized spacial score (nSPS) is 18.6. The molecule has 0 aromatic heterocycles. The van der Waals surface area contributed by atoms with Crippen molar-refractivity contribution in [2.24, 2.45) is 0 Å². The zero-order valence-electron chi connectivity index (χ0n) is 4.85. The maximum absolute atomic E-state index is 3.81. The quantitative estimate of drug-likeness (QED) is 0.443. The smallest absolute Gasteiger partial charge is 0.00975 e. The molecule has 0 heterocycles. The second-order valence-electron chi connectivity index (χ2n) is 1.93. The van der Waals surface area contributed by atoms with Crippen molar-refractivity contribution in [3.8, 4) is 0 Å². The topological polar surface area (TPSA) is 0 Å². The highest BCUT2D eigenvalue weighted by molar-refractivity contribution is 5.38. The summed E-state index contributed by atoms with van der Waals surface area (Å²) in [5, 5.41) is 0. The van der Waals surface area contributed by atoms with Gasteiger partial charge in [-0.2, -0.15) is 0 Å². The van der Waals surface area contributed by atoms with Gasteiger partial charge in [0, 0.05) is 0 Å². The van der Waals surface area contributed by atoms with E-state index in [4.69, 9.17) is 0 Å². The van der Waals surface area contributed by atoms with Crippen molar-refractivity contribution in [2.45, 2.75) is 6.42 Å². The van der Waals surface area contributed by atoms with Gasteiger partial charge in [-0.3, -0.25) is 0 Å². The van der Waals surface area contributed by atoms with E-state index in [0.717, 1.165) is 17.6 Å². The number of rotatable bonds is 0. The maximum atomic E-state index is 3.81. The number of hydrogen-bond acceptors (Lipinski definition) is 0. The highest BCUT2D eigenvalue weighted by atomic mass is 14.0. The molecule has 0 N–H and O–H groups in total. The molecule has 0 atom stereocenters. The third kappa shape index (κ3) is 0.890. The Balaban J connectivity index is 2.80. The summed E-state index contributed by atoms with van der Waals surface area (Å²) < 4.78 is 0. The van der Waals surface area contributed by atoms with Crippen LogP contribution < -0.4 is 0 Å². The van der Waals surface area contributed by atoms with E-state index in [1.165, 1.54) is 0 Å². The van der Waals surface area contributed by atoms with Crippen LogP contribution in [0.4, 0.5) is 0 Å². The Bertz CT molecular complexity index is 159. The molecule has 0 amide bonds. The van der Waals surface area contributed by atoms with Crippen LogP contribution in [0.5, 0.6) is 0 Å². The summed E-state index contributed by atoms with van der Waals surface area (Å²) in [5.74, 6) is 0. The van der Waals surface area contributed by atoms with Gasteiger partial charge in [-0.25, -0.2) is 0 Å². The fourth-order valence-corrected chi connectivity index (χ4v) is 0.643. The molecule has 0 aliphatic heterocycles. The molecule has 1 aliphatic carbocycles. The van der Waals surface area contributed by atoms with E-state index in [1.54, 1.807) is 0 Å². The standard InChI is InChI=1S/C8H9/c1-7-5-3-4-6-8(7)2/h3-5H,1-2,6H2. The summed E-state index contributed by atoms with van der Waals surface area (Å²) in [6, 6.07) is 0. The molecule has 0 fully saturated rings. The van der Waals surface area contributed by atoms with Crippen LogP contribution in [0.25, 0.3) is 0 Å². The van der Waals surface area contributed by atoms with E-state index in [-0.39, 0.29) is 0 Å². The summed E-state index contributed by atoms with van der Waals surface area (Å²) in [7, 11) is 0. The van der Waals surface area contributed by atoms with Gasteiger partial charge in [-0.1, -0.05) is 24.8 Å². The van der Waals surface area contributed by atoms with Crippen LogP contribution >= 0.6 is 0 Å². The Morgan fingerprint density at radius 2 is 2.25 bits per heavy atom. The number of hydrogen-bond donors (Lipinski definition) is 0. The van der Waals surface area contributed by atoms with Gasteiger partial charge in [0.25, 0.3) is 0 Å². The molecule has 1 rings (SSSR count). The maximum Gasteiger partial charge on any atom is -0.00975 e. The van der Waals surface area contributed by atoms with Crippen molar-refractivity contribution < 1.29 is 0 Å². The van der Waals surface area contributed by atoms with E-state index in [2.05, 4.69) is 19.6 Å². The summed E-state index contributed by atoms with van der Waals surface area (Å²) in [6.07, 6.45) is 7.04. The average Bonchev–Trinajstić information content (AvgIpc) is 1.77. The van der Waals surface area contributed by atoms with Gasteiger partial charge in [0.05, 0.1) is 0 Å². The highest BCUT2D eigenvalue weighted by Gasteiger charge is 1.95. The fourth-order valence-electron chi connectivity index (χ4n) is 0.643. The van der Waals surface area contributed by atoms with E-state index >= 15 is 0 Å². The van der Waals surface area contributed by atoms with Gasteiger partial charge < -0.3 is 0 Å². The monoisotopic (exact) mass is 105 g/mol. The molecule has 1 radical (unpaired) electrons. The van der Waals surface area contributed by atoms with Crippen molar-refractivity contribution in [1.82, 2.24) is 0 Å². The molecule has 1 aliphatic rings. The van der Waals surface area contributed by atoms with Crippen molar-refractivity contribution in [1.29, 1.82) is 0 Å². The first-order chi connectivity index (χ1) is 3.80. The minimum absolute atomic E-state index is 0.968. The SMILES string of the molecule is [CH2]C1=CC=CCC1=C. The zero-order chi connectivity index (χ0) is 5.98. The van der Waals surface area contributed by atoms with Gasteiger partial charge in [0.15, 0.2) is 0 Å². The summed E-state index contributed by atoms with van der Waals surface area (Å²) in [5.41, 5.74) is 2.19. The van der Waals surface area contributed by atoms with Crippen LogP contribution in [-0.2, 0) is 0 Å². The van der Waals surface area contributed by atoms with Crippen LogP contribution in [0.1, 0.15) is 6.42 Å². The molecule has 0 spiro atoms. The van der Waals surface area contributed by atoms with Gasteiger partial charge in [0.2, 0.25) is 0 Å². The molecular formula is C8H9. The zero-order valence-corrected chi connectivity index (χ0v) is 4.85. The van der Waals surface area contributed by atoms with Gasteiger partial charge >= 0.3 is 0 Å². The Morgan fingerprint density at radius 1 is 1.50 bits per heavy atom. The van der Waals surface area contributed by atoms with E-state index in [9.17, 15) is 0 Å². The average molecular weight is 105 g/mol. The molecule has 0 bridgehead atoms. The number of allylic oxidation sites excluding steroid dienone is 5. The highest BCUT2D eigenvalue weighted by Crippen LogP contribution is 2.14. The Labute approximate surface area is 50.2 Å².